The van der Waals surface area contributed by atoms with E-state index in [1.54, 1.807) is 0 Å². The second-order valence-corrected chi connectivity index (χ2v) is 8.84. The lowest BCUT2D eigenvalue weighted by Crippen LogP contribution is -2.36. The van der Waals surface area contributed by atoms with E-state index in [9.17, 15) is 18.7 Å². The lowest BCUT2D eigenvalue weighted by molar-refractivity contribution is -0.315. The first kappa shape index (κ1) is 25.8. The summed E-state index contributed by atoms with van der Waals surface area (Å²) in [5, 5.41) is 18.9. The first-order valence-corrected chi connectivity index (χ1v) is 12.0. The third-order valence-electron chi connectivity index (χ3n) is 6.12. The third kappa shape index (κ3) is 5.41. The van der Waals surface area contributed by atoms with Gasteiger partial charge in [0.05, 0.1) is 12.8 Å². The van der Waals surface area contributed by atoms with Crippen LogP contribution in [-0.2, 0) is 11.3 Å². The highest BCUT2D eigenvalue weighted by Crippen LogP contribution is 2.36. The van der Waals surface area contributed by atoms with E-state index in [0.29, 0.717) is 22.9 Å². The van der Waals surface area contributed by atoms with Gasteiger partial charge in [-0.2, -0.15) is 5.10 Å². The number of fused-ring (bicyclic) bond motifs is 2. The molecule has 0 aliphatic carbocycles. The largest absolute Gasteiger partial charge is 0.553 e. The number of aliphatic hydroxyl groups excluding tert-OH is 1. The number of allylic oxidation sites excluding steroid dienone is 1. The molecule has 9 nitrogen and oxygen atoms in total. The number of rotatable bonds is 7. The Morgan fingerprint density at radius 3 is 2.54 bits per heavy atom. The second-order valence-electron chi connectivity index (χ2n) is 8.84. The fraction of sp³-hybridized carbons (Fsp3) is 0.111. The van der Waals surface area contributed by atoms with Gasteiger partial charge in [-0.3, -0.25) is 14.6 Å². The van der Waals surface area contributed by atoms with Crippen LogP contribution in [0, 0.1) is 11.6 Å². The molecule has 3 aromatic rings. The van der Waals surface area contributed by atoms with Gasteiger partial charge in [0.15, 0.2) is 0 Å². The molecule has 0 spiro atoms. The average molecular weight is 527 g/mol. The molecule has 39 heavy (non-hydrogen) atoms. The van der Waals surface area contributed by atoms with Crippen molar-refractivity contribution in [2.45, 2.75) is 13.5 Å². The molecule has 0 saturated carbocycles. The first-order valence-electron chi connectivity index (χ1n) is 12.0. The van der Waals surface area contributed by atoms with Crippen LogP contribution >= 0.6 is 0 Å². The van der Waals surface area contributed by atoms with Crippen molar-refractivity contribution in [3.63, 3.8) is 0 Å². The Morgan fingerprint density at radius 2 is 1.87 bits per heavy atom. The summed E-state index contributed by atoms with van der Waals surface area (Å²) in [5.74, 6) is 5.11. The molecule has 3 heterocycles. The molecular weight excluding hydrogens is 503 g/mol. The van der Waals surface area contributed by atoms with Crippen molar-refractivity contribution in [3.8, 4) is 0 Å². The fourth-order valence-electron chi connectivity index (χ4n) is 4.42. The zero-order valence-electron chi connectivity index (χ0n) is 20.9. The highest BCUT2D eigenvalue weighted by molar-refractivity contribution is 6.32. The van der Waals surface area contributed by atoms with Crippen LogP contribution in [-0.4, -0.2) is 51.9 Å². The lowest BCUT2D eigenvalue weighted by Gasteiger charge is -2.21. The van der Waals surface area contributed by atoms with Crippen LogP contribution in [0.3, 0.4) is 0 Å². The number of nitrogens with one attached hydrogen (secondary N) is 2. The highest BCUT2D eigenvalue weighted by atomic mass is 19.1. The maximum atomic E-state index is 13.7. The molecule has 1 amide bonds. The van der Waals surface area contributed by atoms with Crippen molar-refractivity contribution in [1.29, 1.82) is 0 Å². The Balaban J connectivity index is 1.56. The Labute approximate surface area is 223 Å². The van der Waals surface area contributed by atoms with E-state index in [2.05, 4.69) is 20.7 Å². The second kappa shape index (κ2) is 10.9. The summed E-state index contributed by atoms with van der Waals surface area (Å²) in [5.41, 5.74) is 4.86. The molecule has 5 rings (SSSR count). The molecule has 0 fully saturated rings. The molecule has 2 aliphatic heterocycles. The van der Waals surface area contributed by atoms with Crippen LogP contribution < -0.4 is 16.5 Å². The maximum absolute atomic E-state index is 13.7. The number of aliphatic hydroxyl groups is 1. The number of aromatic nitrogens is 1. The molecule has 5 N–H and O–H groups in total. The standard InChI is InChI=1S/C27H24BF2N7O2/c1-16(39)34-21-4-2-18(3-5-21)27-23-6-8-25(32-13-17-10-19(29)12-20(30)11-17)36(23)28-37-24(27)7-9-26(37)33-14-22(15-38)35-31/h2-12,14,32,38H,13,15,31H2,1H3,(H,34,39)/q+1. The summed E-state index contributed by atoms with van der Waals surface area (Å²) in [6, 6.07) is 14.6. The fourth-order valence-corrected chi connectivity index (χ4v) is 4.42. The predicted octanol–water partition coefficient (Wildman–Crippen LogP) is 2.66. The quantitative estimate of drug-likeness (QED) is 0.164. The van der Waals surface area contributed by atoms with Crippen LogP contribution in [0.4, 0.5) is 20.3 Å². The van der Waals surface area contributed by atoms with Gasteiger partial charge >= 0.3 is 7.55 Å². The first-order chi connectivity index (χ1) is 18.9. The number of hydrogen-bond donors (Lipinski definition) is 4. The van der Waals surface area contributed by atoms with Gasteiger partial charge in [0, 0.05) is 36.0 Å². The van der Waals surface area contributed by atoms with Gasteiger partial charge in [0.1, 0.15) is 35.4 Å². The number of hydrogen-bond acceptors (Lipinski definition) is 6. The van der Waals surface area contributed by atoms with Crippen LogP contribution in [0.25, 0.3) is 5.57 Å². The summed E-state index contributed by atoms with van der Waals surface area (Å²) in [6.45, 7) is 1.29. The Morgan fingerprint density at radius 1 is 1.13 bits per heavy atom. The van der Waals surface area contributed by atoms with Crippen LogP contribution in [0.2, 0.25) is 0 Å². The minimum absolute atomic E-state index is 0.162. The average Bonchev–Trinajstić information content (AvgIpc) is 3.50. The highest BCUT2D eigenvalue weighted by Gasteiger charge is 2.34. The van der Waals surface area contributed by atoms with E-state index in [-0.39, 0.29) is 24.8 Å². The Kier molecular flexibility index (Phi) is 7.20. The van der Waals surface area contributed by atoms with Gasteiger partial charge in [-0.1, -0.05) is 12.1 Å². The van der Waals surface area contributed by atoms with Crippen molar-refractivity contribution in [3.05, 3.63) is 101 Å². The molecule has 2 aliphatic rings. The number of benzene rings is 2. The molecular formula is C27H24BF2N7O2+. The molecule has 195 valence electrons. The number of halogens is 2. The molecule has 0 atom stereocenters. The lowest BCUT2D eigenvalue weighted by atomic mass is 9.92. The zero-order chi connectivity index (χ0) is 27.5. The van der Waals surface area contributed by atoms with E-state index in [4.69, 9.17) is 5.84 Å². The van der Waals surface area contributed by atoms with Gasteiger partial charge in [-0.15, -0.1) is 0 Å². The van der Waals surface area contributed by atoms with Crippen LogP contribution in [0.1, 0.15) is 23.7 Å². The van der Waals surface area contributed by atoms with E-state index in [0.717, 1.165) is 28.6 Å². The van der Waals surface area contributed by atoms with Gasteiger partial charge in [0.2, 0.25) is 5.91 Å². The number of hydrazone groups is 1. The monoisotopic (exact) mass is 527 g/mol. The topological polar surface area (TPSA) is 120 Å². The molecule has 1 radical (unpaired) electrons. The summed E-state index contributed by atoms with van der Waals surface area (Å²) in [6.07, 6.45) is 5.22. The number of nitrogens with zero attached hydrogens (tertiary/aromatic N) is 4. The molecule has 12 heteroatoms. The molecule has 1 aromatic heterocycles. The van der Waals surface area contributed by atoms with Crippen molar-refractivity contribution in [1.82, 2.24) is 9.79 Å². The van der Waals surface area contributed by atoms with Gasteiger partial charge in [-0.25, -0.2) is 13.8 Å². The van der Waals surface area contributed by atoms with Crippen molar-refractivity contribution >= 4 is 48.3 Å². The number of amides is 1. The van der Waals surface area contributed by atoms with E-state index < -0.39 is 11.6 Å². The van der Waals surface area contributed by atoms with E-state index in [1.165, 1.54) is 25.3 Å². The summed E-state index contributed by atoms with van der Waals surface area (Å²) in [4.78, 5) is 15.9. The molecule has 2 aromatic carbocycles. The van der Waals surface area contributed by atoms with Crippen LogP contribution in [0.5, 0.6) is 0 Å². The Bertz CT molecular complexity index is 1580. The number of carbonyl (C=O) groups is 1. The molecule has 0 saturated heterocycles. The minimum atomic E-state index is -0.642. The Hall–Kier alpha value is -4.84. The van der Waals surface area contributed by atoms with Gasteiger partial charge in [0.25, 0.3) is 5.84 Å². The molecule has 0 bridgehead atoms. The predicted molar refractivity (Wildman–Crippen MR) is 147 cm³/mol. The van der Waals surface area contributed by atoms with Gasteiger partial charge < -0.3 is 20.7 Å². The van der Waals surface area contributed by atoms with E-state index in [1.807, 2.05) is 65.1 Å². The number of nitrogens with two attached hydrogens (primary N) is 1. The zero-order valence-corrected chi connectivity index (χ0v) is 20.9. The van der Waals surface area contributed by atoms with Crippen molar-refractivity contribution < 1.29 is 23.2 Å². The smallest absolute Gasteiger partial charge is 0.390 e. The number of amidine groups is 1. The molecule has 0 unspecified atom stereocenters. The normalized spacial score (nSPS) is 14.5. The van der Waals surface area contributed by atoms with Crippen molar-refractivity contribution in [2.75, 3.05) is 11.9 Å². The number of carbonyl (C=O) groups excluding carboxylic acids is 1. The number of aliphatic imine (C=N–C) groups is 1. The summed E-state index contributed by atoms with van der Waals surface area (Å²) >= 11 is 0. The minimum Gasteiger partial charge on any atom is -0.390 e. The van der Waals surface area contributed by atoms with Crippen LogP contribution in [0.15, 0.2) is 82.5 Å². The summed E-state index contributed by atoms with van der Waals surface area (Å²) in [7, 11) is 1.85. The summed E-state index contributed by atoms with van der Waals surface area (Å²) < 4.78 is 31.2. The number of anilines is 1. The SMILES string of the molecule is CC(=O)Nc1ccc(C2=C3C=CC(NCc4cc(F)cc(F)c4)=[N+]3[B]n3c(N=CC(CO)=NN)ccc32)cc1. The van der Waals surface area contributed by atoms with Crippen molar-refractivity contribution in [2.24, 2.45) is 15.9 Å². The third-order valence-corrected chi connectivity index (χ3v) is 6.12. The van der Waals surface area contributed by atoms with E-state index >= 15 is 0 Å². The van der Waals surface area contributed by atoms with Gasteiger partial charge in [-0.05, 0) is 53.6 Å². The maximum Gasteiger partial charge on any atom is 0.553 e.